The van der Waals surface area contributed by atoms with Crippen molar-refractivity contribution < 1.29 is 13.6 Å². The fraction of sp³-hybridized carbons (Fsp3) is 0.133. The third kappa shape index (κ3) is 3.10. The molecule has 2 aromatic carbocycles. The number of nitrogen functional groups attached to an aromatic ring is 1. The highest BCUT2D eigenvalue weighted by molar-refractivity contribution is 6.05. The lowest BCUT2D eigenvalue weighted by molar-refractivity contribution is 0.101. The quantitative estimate of drug-likeness (QED) is 0.855. The van der Waals surface area contributed by atoms with Gasteiger partial charge in [0.15, 0.2) is 5.82 Å². The Hall–Kier alpha value is -2.63. The van der Waals surface area contributed by atoms with E-state index in [0.29, 0.717) is 5.69 Å². The van der Waals surface area contributed by atoms with Crippen molar-refractivity contribution in [1.29, 1.82) is 0 Å². The summed E-state index contributed by atoms with van der Waals surface area (Å²) in [6, 6.07) is 8.89. The molecule has 0 aliphatic heterocycles. The van der Waals surface area contributed by atoms with Crippen LogP contribution >= 0.6 is 0 Å². The van der Waals surface area contributed by atoms with Crippen LogP contribution in [0.2, 0.25) is 0 Å². The Labute approximate surface area is 121 Å². The number of amides is 1. The number of hydrogen-bond donors (Lipinski definition) is 2. The van der Waals surface area contributed by atoms with Crippen LogP contribution in [0.15, 0.2) is 36.4 Å². The van der Waals surface area contributed by atoms with Gasteiger partial charge in [-0.25, -0.2) is 8.78 Å². The molecule has 0 saturated heterocycles. The van der Waals surface area contributed by atoms with Crippen LogP contribution in [0.3, 0.4) is 0 Å². The number of nitrogens with one attached hydrogen (secondary N) is 1. The van der Waals surface area contributed by atoms with Crippen LogP contribution in [0.25, 0.3) is 0 Å². The van der Waals surface area contributed by atoms with Gasteiger partial charge in [-0.2, -0.15) is 0 Å². The van der Waals surface area contributed by atoms with Gasteiger partial charge in [-0.15, -0.1) is 0 Å². The van der Waals surface area contributed by atoms with Crippen molar-refractivity contribution in [3.8, 4) is 0 Å². The average Bonchev–Trinajstić information content (AvgIpc) is 2.44. The second-order valence-electron chi connectivity index (χ2n) is 4.72. The molecule has 0 aromatic heterocycles. The van der Waals surface area contributed by atoms with Gasteiger partial charge in [-0.3, -0.25) is 4.79 Å². The maximum Gasteiger partial charge on any atom is 0.261 e. The molecule has 0 bridgehead atoms. The van der Waals surface area contributed by atoms with Crippen molar-refractivity contribution in [2.24, 2.45) is 0 Å². The summed E-state index contributed by atoms with van der Waals surface area (Å²) < 4.78 is 27.3. The number of benzene rings is 2. The standard InChI is InChI=1S/C15H15F2N3O/c1-20(2)10-5-3-9(4-6-10)19-15(21)13-11(16)7-8-12(18)14(13)17/h3-8H,18H2,1-2H3,(H,19,21). The molecule has 0 aliphatic carbocycles. The lowest BCUT2D eigenvalue weighted by Crippen LogP contribution is -2.17. The van der Waals surface area contributed by atoms with Crippen molar-refractivity contribution >= 4 is 23.0 Å². The van der Waals surface area contributed by atoms with Gasteiger partial charge < -0.3 is 16.0 Å². The van der Waals surface area contributed by atoms with Crippen molar-refractivity contribution in [3.05, 3.63) is 53.6 Å². The normalized spacial score (nSPS) is 10.3. The van der Waals surface area contributed by atoms with Crippen LogP contribution < -0.4 is 16.0 Å². The first kappa shape index (κ1) is 14.8. The van der Waals surface area contributed by atoms with Crippen molar-refractivity contribution in [3.63, 3.8) is 0 Å². The Morgan fingerprint density at radius 1 is 1.10 bits per heavy atom. The summed E-state index contributed by atoms with van der Waals surface area (Å²) in [7, 11) is 3.76. The van der Waals surface area contributed by atoms with Gasteiger partial charge in [-0.1, -0.05) is 0 Å². The van der Waals surface area contributed by atoms with Crippen LogP contribution in [-0.2, 0) is 0 Å². The highest BCUT2D eigenvalue weighted by atomic mass is 19.1. The molecular formula is C15H15F2N3O. The summed E-state index contributed by atoms with van der Waals surface area (Å²) in [5, 5.41) is 2.44. The monoisotopic (exact) mass is 291 g/mol. The average molecular weight is 291 g/mol. The summed E-state index contributed by atoms with van der Waals surface area (Å²) in [5.41, 5.74) is 5.76. The van der Waals surface area contributed by atoms with E-state index in [9.17, 15) is 13.6 Å². The third-order valence-electron chi connectivity index (χ3n) is 2.99. The van der Waals surface area contributed by atoms with Crippen LogP contribution in [0.4, 0.5) is 25.8 Å². The van der Waals surface area contributed by atoms with E-state index in [2.05, 4.69) is 5.32 Å². The molecule has 0 saturated carbocycles. The molecule has 0 unspecified atom stereocenters. The van der Waals surface area contributed by atoms with Gasteiger partial charge in [0.2, 0.25) is 0 Å². The predicted octanol–water partition coefficient (Wildman–Crippen LogP) is 2.87. The number of halogens is 2. The zero-order valence-electron chi connectivity index (χ0n) is 11.7. The first-order valence-corrected chi connectivity index (χ1v) is 6.22. The molecule has 3 N–H and O–H groups in total. The van der Waals surface area contributed by atoms with Gasteiger partial charge in [-0.05, 0) is 36.4 Å². The minimum absolute atomic E-state index is 0.274. The van der Waals surface area contributed by atoms with Gasteiger partial charge in [0.25, 0.3) is 5.91 Å². The molecule has 6 heteroatoms. The van der Waals surface area contributed by atoms with Crippen LogP contribution in [0.1, 0.15) is 10.4 Å². The summed E-state index contributed by atoms with van der Waals surface area (Å²) in [4.78, 5) is 13.9. The molecule has 0 atom stereocenters. The summed E-state index contributed by atoms with van der Waals surface area (Å²) in [6.07, 6.45) is 0. The van der Waals surface area contributed by atoms with Crippen LogP contribution in [0.5, 0.6) is 0 Å². The second kappa shape index (κ2) is 5.78. The van der Waals surface area contributed by atoms with Gasteiger partial charge >= 0.3 is 0 Å². The van der Waals surface area contributed by atoms with Gasteiger partial charge in [0.1, 0.15) is 11.4 Å². The number of anilines is 3. The Morgan fingerprint density at radius 3 is 2.29 bits per heavy atom. The van der Waals surface area contributed by atoms with E-state index in [1.54, 1.807) is 24.3 Å². The molecule has 0 fully saturated rings. The van der Waals surface area contributed by atoms with E-state index in [-0.39, 0.29) is 5.69 Å². The van der Waals surface area contributed by atoms with Gasteiger partial charge in [0.05, 0.1) is 5.69 Å². The topological polar surface area (TPSA) is 58.4 Å². The summed E-state index contributed by atoms with van der Waals surface area (Å²) in [5.74, 6) is -2.89. The lowest BCUT2D eigenvalue weighted by Gasteiger charge is -2.13. The molecule has 0 heterocycles. The maximum atomic E-state index is 13.8. The Morgan fingerprint density at radius 2 is 1.71 bits per heavy atom. The number of nitrogens with two attached hydrogens (primary N) is 1. The smallest absolute Gasteiger partial charge is 0.261 e. The van der Waals surface area contributed by atoms with E-state index in [1.807, 2.05) is 19.0 Å². The number of carbonyl (C=O) groups excluding carboxylic acids is 1. The summed E-state index contributed by atoms with van der Waals surface area (Å²) >= 11 is 0. The lowest BCUT2D eigenvalue weighted by atomic mass is 10.1. The number of carbonyl (C=O) groups is 1. The van der Waals surface area contributed by atoms with Crippen molar-refractivity contribution in [2.75, 3.05) is 30.0 Å². The molecule has 21 heavy (non-hydrogen) atoms. The number of hydrogen-bond acceptors (Lipinski definition) is 3. The first-order valence-electron chi connectivity index (χ1n) is 6.22. The van der Waals surface area contributed by atoms with E-state index in [0.717, 1.165) is 17.8 Å². The highest BCUT2D eigenvalue weighted by Gasteiger charge is 2.19. The molecule has 2 rings (SSSR count). The summed E-state index contributed by atoms with van der Waals surface area (Å²) in [6.45, 7) is 0. The third-order valence-corrected chi connectivity index (χ3v) is 2.99. The number of rotatable bonds is 3. The Bertz CT molecular complexity index is 669. The molecule has 2 aromatic rings. The molecule has 0 aliphatic rings. The fourth-order valence-electron chi connectivity index (χ4n) is 1.81. The number of nitrogens with zero attached hydrogens (tertiary/aromatic N) is 1. The molecule has 0 radical (unpaired) electrons. The highest BCUT2D eigenvalue weighted by Crippen LogP contribution is 2.21. The van der Waals surface area contributed by atoms with E-state index in [4.69, 9.17) is 5.73 Å². The van der Waals surface area contributed by atoms with E-state index >= 15 is 0 Å². The van der Waals surface area contributed by atoms with Crippen molar-refractivity contribution in [2.45, 2.75) is 0 Å². The Balaban J connectivity index is 2.24. The molecule has 1 amide bonds. The van der Waals surface area contributed by atoms with E-state index in [1.165, 1.54) is 0 Å². The van der Waals surface area contributed by atoms with Gasteiger partial charge in [0, 0.05) is 25.5 Å². The predicted molar refractivity (Wildman–Crippen MR) is 79.5 cm³/mol. The Kier molecular flexibility index (Phi) is 4.07. The molecule has 4 nitrogen and oxygen atoms in total. The first-order chi connectivity index (χ1) is 9.90. The fourth-order valence-corrected chi connectivity index (χ4v) is 1.81. The van der Waals surface area contributed by atoms with Crippen LogP contribution in [0, 0.1) is 11.6 Å². The molecular weight excluding hydrogens is 276 g/mol. The van der Waals surface area contributed by atoms with E-state index < -0.39 is 23.1 Å². The zero-order valence-corrected chi connectivity index (χ0v) is 11.7. The second-order valence-corrected chi connectivity index (χ2v) is 4.72. The minimum atomic E-state index is -1.06. The maximum absolute atomic E-state index is 13.8. The zero-order chi connectivity index (χ0) is 15.6. The molecule has 0 spiro atoms. The minimum Gasteiger partial charge on any atom is -0.396 e. The largest absolute Gasteiger partial charge is 0.396 e. The SMILES string of the molecule is CN(C)c1ccc(NC(=O)c2c(F)ccc(N)c2F)cc1. The van der Waals surface area contributed by atoms with Crippen molar-refractivity contribution in [1.82, 2.24) is 0 Å². The van der Waals surface area contributed by atoms with Crippen LogP contribution in [-0.4, -0.2) is 20.0 Å². The molecule has 110 valence electrons.